The lowest BCUT2D eigenvalue weighted by Gasteiger charge is -2.36. The van der Waals surface area contributed by atoms with E-state index in [9.17, 15) is 22.8 Å². The first-order valence-electron chi connectivity index (χ1n) is 9.69. The van der Waals surface area contributed by atoms with Crippen LogP contribution in [0.4, 0.5) is 24.5 Å². The minimum Gasteiger partial charge on any atom is -0.368 e. The number of carbonyl (C=O) groups is 2. The molecule has 162 valence electrons. The van der Waals surface area contributed by atoms with E-state index in [4.69, 9.17) is 0 Å². The Bertz CT molecular complexity index is 1130. The molecule has 4 rings (SSSR count). The summed E-state index contributed by atoms with van der Waals surface area (Å²) in [5, 5.41) is 6.87. The highest BCUT2D eigenvalue weighted by atomic mass is 19.4. The number of amides is 2. The fourth-order valence-electron chi connectivity index (χ4n) is 3.64. The fourth-order valence-corrected chi connectivity index (χ4v) is 3.64. The zero-order chi connectivity index (χ0) is 22.2. The first-order valence-corrected chi connectivity index (χ1v) is 9.69. The average Bonchev–Trinajstić information content (AvgIpc) is 3.15. The van der Waals surface area contributed by atoms with Crippen molar-refractivity contribution >= 4 is 28.7 Å². The molecule has 1 saturated heterocycles. The summed E-state index contributed by atoms with van der Waals surface area (Å²) in [6, 6.07) is 8.57. The third-order valence-electron chi connectivity index (χ3n) is 5.18. The Labute approximate surface area is 176 Å². The third kappa shape index (κ3) is 4.32. The van der Waals surface area contributed by atoms with Gasteiger partial charge in [-0.15, -0.1) is 0 Å². The van der Waals surface area contributed by atoms with Crippen LogP contribution >= 0.6 is 0 Å². The Morgan fingerprint density at radius 2 is 1.81 bits per heavy atom. The van der Waals surface area contributed by atoms with Gasteiger partial charge in [0, 0.05) is 50.7 Å². The zero-order valence-electron chi connectivity index (χ0n) is 16.7. The Morgan fingerprint density at radius 1 is 1.06 bits per heavy atom. The molecule has 1 N–H and O–H groups in total. The van der Waals surface area contributed by atoms with Crippen LogP contribution in [0.15, 0.2) is 48.8 Å². The van der Waals surface area contributed by atoms with Crippen molar-refractivity contribution in [1.82, 2.24) is 14.5 Å². The maximum Gasteiger partial charge on any atom is 0.416 e. The number of hydrogen-bond acceptors (Lipinski definition) is 4. The summed E-state index contributed by atoms with van der Waals surface area (Å²) in [6.45, 7) is 2.99. The quantitative estimate of drug-likeness (QED) is 0.691. The number of fused-ring (bicyclic) bond motifs is 1. The van der Waals surface area contributed by atoms with Gasteiger partial charge in [0.05, 0.1) is 22.8 Å². The Kier molecular flexibility index (Phi) is 5.30. The lowest BCUT2D eigenvalue weighted by atomic mass is 10.1. The van der Waals surface area contributed by atoms with Gasteiger partial charge in [-0.25, -0.2) is 4.52 Å². The predicted octanol–water partition coefficient (Wildman–Crippen LogP) is 3.27. The first-order chi connectivity index (χ1) is 14.7. The average molecular weight is 431 g/mol. The smallest absolute Gasteiger partial charge is 0.368 e. The van der Waals surface area contributed by atoms with Gasteiger partial charge in [0.2, 0.25) is 5.91 Å². The van der Waals surface area contributed by atoms with E-state index in [-0.39, 0.29) is 11.8 Å². The number of halogens is 3. The molecule has 3 heterocycles. The molecular weight excluding hydrogens is 411 g/mol. The van der Waals surface area contributed by atoms with Crippen LogP contribution in [-0.2, 0) is 11.0 Å². The first kappa shape index (κ1) is 20.7. The number of carbonyl (C=O) groups excluding carboxylic acids is 2. The van der Waals surface area contributed by atoms with E-state index < -0.39 is 11.7 Å². The van der Waals surface area contributed by atoms with E-state index in [0.29, 0.717) is 48.6 Å². The topological polar surface area (TPSA) is 70.0 Å². The molecule has 1 fully saturated rings. The molecule has 1 aliphatic rings. The number of hydrogen-bond donors (Lipinski definition) is 1. The molecule has 0 unspecified atom stereocenters. The van der Waals surface area contributed by atoms with E-state index in [0.717, 1.165) is 12.1 Å². The van der Waals surface area contributed by atoms with E-state index in [1.807, 2.05) is 4.90 Å². The van der Waals surface area contributed by atoms with Crippen molar-refractivity contribution in [2.45, 2.75) is 13.1 Å². The predicted molar refractivity (Wildman–Crippen MR) is 109 cm³/mol. The number of aromatic nitrogens is 2. The monoisotopic (exact) mass is 431 g/mol. The van der Waals surface area contributed by atoms with Gasteiger partial charge < -0.3 is 15.1 Å². The number of alkyl halides is 3. The number of anilines is 2. The molecule has 0 spiro atoms. The summed E-state index contributed by atoms with van der Waals surface area (Å²) < 4.78 is 40.5. The van der Waals surface area contributed by atoms with Gasteiger partial charge in [-0.2, -0.15) is 18.3 Å². The molecule has 2 aromatic heterocycles. The highest BCUT2D eigenvalue weighted by Crippen LogP contribution is 2.32. The molecule has 1 aliphatic heterocycles. The molecule has 0 aliphatic carbocycles. The second-order valence-electron chi connectivity index (χ2n) is 7.31. The van der Waals surface area contributed by atoms with Gasteiger partial charge in [-0.3, -0.25) is 9.59 Å². The number of pyridine rings is 1. The van der Waals surface area contributed by atoms with Crippen molar-refractivity contribution < 1.29 is 22.8 Å². The van der Waals surface area contributed by atoms with Gasteiger partial charge in [0.15, 0.2) is 0 Å². The largest absolute Gasteiger partial charge is 0.416 e. The molecule has 1 aromatic carbocycles. The Morgan fingerprint density at radius 3 is 2.48 bits per heavy atom. The summed E-state index contributed by atoms with van der Waals surface area (Å²) in [5.41, 5.74) is 1.32. The molecule has 0 radical (unpaired) electrons. The summed E-state index contributed by atoms with van der Waals surface area (Å²) in [7, 11) is 0. The Hall–Kier alpha value is -3.56. The van der Waals surface area contributed by atoms with E-state index in [1.54, 1.807) is 33.8 Å². The number of benzene rings is 1. The van der Waals surface area contributed by atoms with Crippen molar-refractivity contribution in [3.63, 3.8) is 0 Å². The highest BCUT2D eigenvalue weighted by Gasteiger charge is 2.31. The van der Waals surface area contributed by atoms with Gasteiger partial charge in [0.25, 0.3) is 5.91 Å². The van der Waals surface area contributed by atoms with Crippen LogP contribution in [-0.4, -0.2) is 52.5 Å². The number of piperazine rings is 1. The van der Waals surface area contributed by atoms with Gasteiger partial charge in [0.1, 0.15) is 0 Å². The molecule has 0 atom stereocenters. The highest BCUT2D eigenvalue weighted by molar-refractivity contribution is 6.01. The fraction of sp³-hybridized carbons (Fsp3) is 0.286. The lowest BCUT2D eigenvalue weighted by molar-refractivity contribution is -0.137. The molecule has 0 saturated carbocycles. The van der Waals surface area contributed by atoms with Crippen molar-refractivity contribution in [3.05, 3.63) is 59.9 Å². The van der Waals surface area contributed by atoms with Gasteiger partial charge >= 0.3 is 6.18 Å². The molecule has 2 amide bonds. The minimum absolute atomic E-state index is 0.210. The van der Waals surface area contributed by atoms with Crippen LogP contribution in [0.5, 0.6) is 0 Å². The van der Waals surface area contributed by atoms with Crippen LogP contribution in [0.25, 0.3) is 5.52 Å². The van der Waals surface area contributed by atoms with Crippen LogP contribution in [0.2, 0.25) is 0 Å². The van der Waals surface area contributed by atoms with Crippen molar-refractivity contribution in [2.75, 3.05) is 36.4 Å². The molecule has 31 heavy (non-hydrogen) atoms. The molecule has 3 aromatic rings. The van der Waals surface area contributed by atoms with E-state index in [2.05, 4.69) is 10.4 Å². The maximum atomic E-state index is 13.1. The second kappa shape index (κ2) is 7.93. The summed E-state index contributed by atoms with van der Waals surface area (Å²) in [5.74, 6) is -0.430. The number of nitrogens with one attached hydrogen (secondary N) is 1. The van der Waals surface area contributed by atoms with Crippen molar-refractivity contribution in [3.8, 4) is 0 Å². The molecular formula is C21H20F3N5O2. The molecule has 0 bridgehead atoms. The summed E-state index contributed by atoms with van der Waals surface area (Å²) in [6.07, 6.45) is -1.26. The third-order valence-corrected chi connectivity index (χ3v) is 5.18. The number of nitrogens with zero attached hydrogens (tertiary/aromatic N) is 4. The lowest BCUT2D eigenvalue weighted by Crippen LogP contribution is -2.48. The van der Waals surface area contributed by atoms with Crippen molar-refractivity contribution in [2.24, 2.45) is 0 Å². The second-order valence-corrected chi connectivity index (χ2v) is 7.31. The van der Waals surface area contributed by atoms with Crippen LogP contribution in [0, 0.1) is 0 Å². The molecule has 7 nitrogen and oxygen atoms in total. The standard InChI is InChI=1S/C21H20F3N5O2/c1-14(30)26-16-5-6-29-19(12-16)18(13-25-29)20(31)28-9-7-27(8-10-28)17-4-2-3-15(11-17)21(22,23)24/h2-6,11-13H,7-10H2,1H3,(H,26,30). The van der Waals surface area contributed by atoms with Gasteiger partial charge in [-0.05, 0) is 30.3 Å². The van der Waals surface area contributed by atoms with Crippen LogP contribution < -0.4 is 10.2 Å². The van der Waals surface area contributed by atoms with E-state index in [1.165, 1.54) is 19.2 Å². The van der Waals surface area contributed by atoms with Crippen LogP contribution in [0.1, 0.15) is 22.8 Å². The SMILES string of the molecule is CC(=O)Nc1ccn2ncc(C(=O)N3CCN(c4cccc(C(F)(F)F)c4)CC3)c2c1. The zero-order valence-corrected chi connectivity index (χ0v) is 16.7. The summed E-state index contributed by atoms with van der Waals surface area (Å²) >= 11 is 0. The van der Waals surface area contributed by atoms with Crippen LogP contribution in [0.3, 0.4) is 0 Å². The summed E-state index contributed by atoms with van der Waals surface area (Å²) in [4.78, 5) is 27.9. The maximum absolute atomic E-state index is 13.1. The Balaban J connectivity index is 1.48. The molecule has 10 heteroatoms. The van der Waals surface area contributed by atoms with E-state index >= 15 is 0 Å². The minimum atomic E-state index is -4.40. The van der Waals surface area contributed by atoms with Crippen molar-refractivity contribution in [1.29, 1.82) is 0 Å². The van der Waals surface area contributed by atoms with Gasteiger partial charge in [-0.1, -0.05) is 6.07 Å². The normalized spacial score (nSPS) is 14.7. The number of rotatable bonds is 3.